The Labute approximate surface area is 188 Å². The normalized spacial score (nSPS) is 17.2. The number of aryl methyl sites for hydroxylation is 1. The van der Waals surface area contributed by atoms with Crippen molar-refractivity contribution in [1.82, 2.24) is 24.9 Å². The number of aromatic amines is 1. The second-order valence-electron chi connectivity index (χ2n) is 9.18. The average Bonchev–Trinajstić information content (AvgIpc) is 3.38. The van der Waals surface area contributed by atoms with Crippen LogP contribution in [0, 0.1) is 0 Å². The molecule has 3 heterocycles. The van der Waals surface area contributed by atoms with Gasteiger partial charge in [0, 0.05) is 57.3 Å². The van der Waals surface area contributed by atoms with E-state index in [1.165, 1.54) is 16.7 Å². The van der Waals surface area contributed by atoms with Crippen molar-refractivity contribution in [3.63, 3.8) is 0 Å². The summed E-state index contributed by atoms with van der Waals surface area (Å²) in [5.74, 6) is -0.134. The van der Waals surface area contributed by atoms with Gasteiger partial charge in [-0.15, -0.1) is 0 Å². The molecule has 7 nitrogen and oxygen atoms in total. The number of nitrogens with one attached hydrogen (secondary N) is 1. The zero-order valence-corrected chi connectivity index (χ0v) is 18.9. The Balaban J connectivity index is 1.32. The number of fused-ring (bicyclic) bond motifs is 2. The lowest BCUT2D eigenvalue weighted by Crippen LogP contribution is -2.43. The molecule has 0 bridgehead atoms. The number of piperazine rings is 1. The minimum absolute atomic E-state index is 0.000843. The second kappa shape index (κ2) is 8.56. The van der Waals surface area contributed by atoms with Crippen LogP contribution in [0.4, 0.5) is 0 Å². The minimum atomic E-state index is -0.134. The fraction of sp³-hybridized carbons (Fsp3) is 0.440. The molecule has 1 saturated heterocycles. The first-order valence-electron chi connectivity index (χ1n) is 11.5. The monoisotopic (exact) mass is 433 g/mol. The number of benzene rings is 2. The van der Waals surface area contributed by atoms with Crippen LogP contribution in [0.1, 0.15) is 46.1 Å². The summed E-state index contributed by atoms with van der Waals surface area (Å²) in [7, 11) is 2.17. The van der Waals surface area contributed by atoms with Gasteiger partial charge in [-0.2, -0.15) is 5.10 Å². The van der Waals surface area contributed by atoms with Crippen LogP contribution >= 0.6 is 0 Å². The number of hydrogen-bond acceptors (Lipinski definition) is 5. The first kappa shape index (κ1) is 21.0. The SMILES string of the molecule is CCCc1n[nH]c2cc(O)c(C(=O)N3Cc4ccc(CN5CCN(C)CC5)cc4C3)cc12. The van der Waals surface area contributed by atoms with E-state index in [4.69, 9.17) is 0 Å². The van der Waals surface area contributed by atoms with Gasteiger partial charge < -0.3 is 14.9 Å². The third kappa shape index (κ3) is 3.98. The smallest absolute Gasteiger partial charge is 0.258 e. The summed E-state index contributed by atoms with van der Waals surface area (Å²) in [6, 6.07) is 10.0. The highest BCUT2D eigenvalue weighted by molar-refractivity contribution is 6.01. The molecular formula is C25H31N5O2. The van der Waals surface area contributed by atoms with Crippen molar-refractivity contribution < 1.29 is 9.90 Å². The van der Waals surface area contributed by atoms with E-state index in [2.05, 4.69) is 52.2 Å². The van der Waals surface area contributed by atoms with Crippen molar-refractivity contribution in [2.75, 3.05) is 33.2 Å². The van der Waals surface area contributed by atoms with Crippen molar-refractivity contribution in [3.05, 3.63) is 58.3 Å². The molecule has 0 unspecified atom stereocenters. The van der Waals surface area contributed by atoms with E-state index in [1.807, 2.05) is 4.90 Å². The van der Waals surface area contributed by atoms with E-state index in [1.54, 1.807) is 12.1 Å². The summed E-state index contributed by atoms with van der Waals surface area (Å²) in [5, 5.41) is 18.8. The number of carbonyl (C=O) groups is 1. The molecule has 2 N–H and O–H groups in total. The predicted molar refractivity (Wildman–Crippen MR) is 125 cm³/mol. The number of phenols is 1. The molecule has 5 rings (SSSR count). The molecular weight excluding hydrogens is 402 g/mol. The highest BCUT2D eigenvalue weighted by Crippen LogP contribution is 2.31. The lowest BCUT2D eigenvalue weighted by molar-refractivity contribution is 0.0748. The Morgan fingerprint density at radius 1 is 1.09 bits per heavy atom. The van der Waals surface area contributed by atoms with Crippen LogP contribution in [0.15, 0.2) is 30.3 Å². The maximum atomic E-state index is 13.3. The summed E-state index contributed by atoms with van der Waals surface area (Å²) in [6.07, 6.45) is 1.81. The molecule has 2 aliphatic rings. The topological polar surface area (TPSA) is 75.7 Å². The van der Waals surface area contributed by atoms with E-state index in [0.29, 0.717) is 18.7 Å². The Bertz CT molecular complexity index is 1150. The first-order valence-corrected chi connectivity index (χ1v) is 11.5. The summed E-state index contributed by atoms with van der Waals surface area (Å²) in [4.78, 5) is 20.0. The molecule has 1 aromatic heterocycles. The number of H-pyrrole nitrogens is 1. The third-order valence-electron chi connectivity index (χ3n) is 6.76. The number of aromatic hydroxyl groups is 1. The lowest BCUT2D eigenvalue weighted by atomic mass is 10.1. The van der Waals surface area contributed by atoms with Gasteiger partial charge in [0.1, 0.15) is 5.75 Å². The zero-order valence-electron chi connectivity index (χ0n) is 18.9. The second-order valence-corrected chi connectivity index (χ2v) is 9.18. The number of likely N-dealkylation sites (N-methyl/N-ethyl adjacent to an activating group) is 1. The van der Waals surface area contributed by atoms with Crippen molar-refractivity contribution in [2.24, 2.45) is 0 Å². The van der Waals surface area contributed by atoms with Gasteiger partial charge in [0.15, 0.2) is 0 Å². The van der Waals surface area contributed by atoms with Gasteiger partial charge >= 0.3 is 0 Å². The van der Waals surface area contributed by atoms with Gasteiger partial charge in [-0.1, -0.05) is 31.5 Å². The summed E-state index contributed by atoms with van der Waals surface area (Å²) in [5.41, 5.74) is 5.75. The van der Waals surface area contributed by atoms with Gasteiger partial charge in [0.2, 0.25) is 0 Å². The molecule has 0 aliphatic carbocycles. The van der Waals surface area contributed by atoms with E-state index < -0.39 is 0 Å². The third-order valence-corrected chi connectivity index (χ3v) is 6.76. The number of aromatic nitrogens is 2. The Hall–Kier alpha value is -2.90. The molecule has 7 heteroatoms. The molecule has 3 aromatic rings. The average molecular weight is 434 g/mol. The summed E-state index contributed by atoms with van der Waals surface area (Å²) in [6.45, 7) is 8.61. The van der Waals surface area contributed by atoms with Gasteiger partial charge in [0.05, 0.1) is 16.8 Å². The Morgan fingerprint density at radius 3 is 2.66 bits per heavy atom. The minimum Gasteiger partial charge on any atom is -0.507 e. The molecule has 0 saturated carbocycles. The number of hydrogen-bond donors (Lipinski definition) is 2. The molecule has 1 fully saturated rings. The number of amides is 1. The van der Waals surface area contributed by atoms with Gasteiger partial charge in [0.25, 0.3) is 5.91 Å². The van der Waals surface area contributed by atoms with Crippen LogP contribution in [-0.4, -0.2) is 69.1 Å². The van der Waals surface area contributed by atoms with Crippen LogP contribution in [0.2, 0.25) is 0 Å². The molecule has 2 aliphatic heterocycles. The van der Waals surface area contributed by atoms with Gasteiger partial charge in [-0.25, -0.2) is 0 Å². The van der Waals surface area contributed by atoms with Gasteiger partial charge in [-0.05, 0) is 36.2 Å². The maximum Gasteiger partial charge on any atom is 0.258 e. The van der Waals surface area contributed by atoms with Crippen LogP contribution in [-0.2, 0) is 26.1 Å². The van der Waals surface area contributed by atoms with E-state index in [0.717, 1.165) is 62.2 Å². The van der Waals surface area contributed by atoms with Crippen LogP contribution in [0.3, 0.4) is 0 Å². The van der Waals surface area contributed by atoms with E-state index in [9.17, 15) is 9.90 Å². The quantitative estimate of drug-likeness (QED) is 0.647. The van der Waals surface area contributed by atoms with E-state index in [-0.39, 0.29) is 11.7 Å². The summed E-state index contributed by atoms with van der Waals surface area (Å²) < 4.78 is 0. The largest absolute Gasteiger partial charge is 0.507 e. The first-order chi connectivity index (χ1) is 15.5. The number of carbonyl (C=O) groups excluding carboxylic acids is 1. The van der Waals surface area contributed by atoms with Crippen LogP contribution < -0.4 is 0 Å². The van der Waals surface area contributed by atoms with Crippen LogP contribution in [0.25, 0.3) is 10.9 Å². The molecule has 0 atom stereocenters. The molecule has 168 valence electrons. The number of phenolic OH excluding ortho intramolecular Hbond substituents is 1. The fourth-order valence-electron chi connectivity index (χ4n) is 4.83. The molecule has 32 heavy (non-hydrogen) atoms. The Morgan fingerprint density at radius 2 is 1.88 bits per heavy atom. The molecule has 0 radical (unpaired) electrons. The maximum absolute atomic E-state index is 13.3. The number of nitrogens with zero attached hydrogens (tertiary/aromatic N) is 4. The summed E-state index contributed by atoms with van der Waals surface area (Å²) >= 11 is 0. The highest BCUT2D eigenvalue weighted by Gasteiger charge is 2.27. The molecule has 2 aromatic carbocycles. The van der Waals surface area contributed by atoms with Crippen molar-refractivity contribution in [1.29, 1.82) is 0 Å². The molecule has 1 amide bonds. The standard InChI is InChI=1S/C25H31N5O2/c1-3-4-22-20-12-21(24(31)13-23(20)27-26-22)25(32)30-15-18-6-5-17(11-19(18)16-30)14-29-9-7-28(2)8-10-29/h5-6,11-13,31H,3-4,7-10,14-16H2,1-2H3,(H,26,27). The zero-order chi connectivity index (χ0) is 22.2. The van der Waals surface area contributed by atoms with Crippen molar-refractivity contribution in [3.8, 4) is 5.75 Å². The lowest BCUT2D eigenvalue weighted by Gasteiger charge is -2.32. The predicted octanol–water partition coefficient (Wildman–Crippen LogP) is 3.12. The highest BCUT2D eigenvalue weighted by atomic mass is 16.3. The number of rotatable bonds is 5. The van der Waals surface area contributed by atoms with Gasteiger partial charge in [-0.3, -0.25) is 14.8 Å². The van der Waals surface area contributed by atoms with Crippen molar-refractivity contribution >= 4 is 16.8 Å². The Kier molecular flexibility index (Phi) is 5.61. The fourth-order valence-corrected chi connectivity index (χ4v) is 4.83. The molecule has 0 spiro atoms. The van der Waals surface area contributed by atoms with E-state index >= 15 is 0 Å². The van der Waals surface area contributed by atoms with Crippen LogP contribution in [0.5, 0.6) is 5.75 Å². The van der Waals surface area contributed by atoms with Crippen molar-refractivity contribution in [2.45, 2.75) is 39.4 Å².